The van der Waals surface area contributed by atoms with Crippen molar-refractivity contribution < 1.29 is 37.7 Å². The minimum atomic E-state index is -1.07. The van der Waals surface area contributed by atoms with Gasteiger partial charge < -0.3 is 29.5 Å². The molecule has 3 aromatic carbocycles. The van der Waals surface area contributed by atoms with E-state index in [2.05, 4.69) is 15.5 Å². The molecule has 0 spiro atoms. The summed E-state index contributed by atoms with van der Waals surface area (Å²) in [4.78, 5) is 26.2. The second kappa shape index (κ2) is 12.3. The van der Waals surface area contributed by atoms with Crippen molar-refractivity contribution in [2.45, 2.75) is 18.9 Å². The molecule has 2 atom stereocenters. The third-order valence-corrected chi connectivity index (χ3v) is 7.57. The van der Waals surface area contributed by atoms with Gasteiger partial charge in [0.1, 0.15) is 17.3 Å². The van der Waals surface area contributed by atoms with Crippen molar-refractivity contribution in [1.29, 1.82) is 0 Å². The van der Waals surface area contributed by atoms with Crippen molar-refractivity contribution >= 4 is 22.9 Å². The molecule has 1 aliphatic rings. The van der Waals surface area contributed by atoms with Crippen LogP contribution in [0.3, 0.4) is 0 Å². The highest BCUT2D eigenvalue weighted by atomic mass is 19.1. The molecular weight excluding hydrogens is 550 g/mol. The average Bonchev–Trinajstić information content (AvgIpc) is 3.45. The number of rotatable bonds is 9. The second-order valence-corrected chi connectivity index (χ2v) is 10.00. The fourth-order valence-electron chi connectivity index (χ4n) is 5.38. The van der Waals surface area contributed by atoms with Gasteiger partial charge in [0, 0.05) is 30.5 Å². The highest BCUT2D eigenvalue weighted by molar-refractivity contribution is 5.94. The van der Waals surface area contributed by atoms with Gasteiger partial charge in [-0.3, -0.25) is 9.89 Å². The molecule has 0 bridgehead atoms. The number of carbonyl (C=O) groups excluding carboxylic acids is 1. The van der Waals surface area contributed by atoms with Crippen LogP contribution in [0.4, 0.5) is 13.6 Å². The first-order chi connectivity index (χ1) is 20.3. The van der Waals surface area contributed by atoms with E-state index < -0.39 is 29.6 Å². The highest BCUT2D eigenvalue weighted by Crippen LogP contribution is 2.35. The number of amides is 2. The Morgan fingerprint density at radius 2 is 1.83 bits per heavy atom. The van der Waals surface area contributed by atoms with Gasteiger partial charge in [-0.1, -0.05) is 12.1 Å². The molecule has 2 heterocycles. The Hall–Kier alpha value is -4.87. The number of ether oxygens (including phenoxy) is 3. The van der Waals surface area contributed by atoms with E-state index in [0.29, 0.717) is 39.9 Å². The number of benzene rings is 3. The topological polar surface area (TPSA) is 126 Å². The molecule has 1 aromatic heterocycles. The van der Waals surface area contributed by atoms with Gasteiger partial charge in [0.2, 0.25) is 0 Å². The quantitative estimate of drug-likeness (QED) is 0.256. The van der Waals surface area contributed by atoms with E-state index in [4.69, 9.17) is 14.2 Å². The molecule has 12 heteroatoms. The predicted octanol–water partition coefficient (Wildman–Crippen LogP) is 4.95. The van der Waals surface area contributed by atoms with E-state index in [1.165, 1.54) is 43.4 Å². The standard InChI is InChI=1S/C30H30F2N4O6/c1-40-26-4-3-5-27(41-2)22(26)14-33-29(37)21-10-17(6-7-23(21)31)20-8-9-36(30(38)39)15-19(20)16-42-28-11-18-13-34-35-25(18)12-24(28)32/h3-7,10-13,19-20H,8-9,14-16H2,1-2H3,(H,33,37)(H,34,35)(H,38,39)/t19-,20-/m0/s1. The molecule has 2 amide bonds. The van der Waals surface area contributed by atoms with Crippen LogP contribution in [0.5, 0.6) is 17.2 Å². The summed E-state index contributed by atoms with van der Waals surface area (Å²) in [5.74, 6) is -1.54. The Balaban J connectivity index is 1.36. The van der Waals surface area contributed by atoms with Crippen molar-refractivity contribution in [2.24, 2.45) is 5.92 Å². The Kier molecular flexibility index (Phi) is 8.41. The lowest BCUT2D eigenvalue weighted by molar-refractivity contribution is 0.0928. The molecular formula is C30H30F2N4O6. The summed E-state index contributed by atoms with van der Waals surface area (Å²) in [6.07, 6.45) is 0.886. The largest absolute Gasteiger partial charge is 0.496 e. The number of methoxy groups -OCH3 is 2. The first-order valence-corrected chi connectivity index (χ1v) is 13.3. The maximum atomic E-state index is 14.9. The number of piperidine rings is 1. The summed E-state index contributed by atoms with van der Waals surface area (Å²) in [7, 11) is 3.01. The van der Waals surface area contributed by atoms with Crippen molar-refractivity contribution in [3.8, 4) is 17.2 Å². The lowest BCUT2D eigenvalue weighted by atomic mass is 9.80. The van der Waals surface area contributed by atoms with Gasteiger partial charge >= 0.3 is 6.09 Å². The maximum Gasteiger partial charge on any atom is 0.407 e. The number of halogens is 2. The smallest absolute Gasteiger partial charge is 0.407 e. The van der Waals surface area contributed by atoms with Gasteiger partial charge in [-0.05, 0) is 48.2 Å². The molecule has 42 heavy (non-hydrogen) atoms. The van der Waals surface area contributed by atoms with E-state index in [9.17, 15) is 23.5 Å². The van der Waals surface area contributed by atoms with E-state index in [0.717, 1.165) is 0 Å². The zero-order chi connectivity index (χ0) is 29.8. The molecule has 3 N–H and O–H groups in total. The molecule has 0 unspecified atom stereocenters. The van der Waals surface area contributed by atoms with E-state index in [1.54, 1.807) is 30.5 Å². The van der Waals surface area contributed by atoms with Gasteiger partial charge in [0.15, 0.2) is 11.6 Å². The summed E-state index contributed by atoms with van der Waals surface area (Å²) in [6.45, 7) is 0.414. The Morgan fingerprint density at radius 3 is 2.55 bits per heavy atom. The molecule has 1 fully saturated rings. The summed E-state index contributed by atoms with van der Waals surface area (Å²) < 4.78 is 46.2. The van der Waals surface area contributed by atoms with Gasteiger partial charge in [-0.15, -0.1) is 0 Å². The third kappa shape index (κ3) is 5.92. The molecule has 0 saturated carbocycles. The van der Waals surface area contributed by atoms with Crippen LogP contribution in [-0.2, 0) is 6.54 Å². The second-order valence-electron chi connectivity index (χ2n) is 10.00. The number of carboxylic acid groups (broad SMARTS) is 1. The van der Waals surface area contributed by atoms with Crippen molar-refractivity contribution in [1.82, 2.24) is 20.4 Å². The van der Waals surface area contributed by atoms with Crippen LogP contribution in [0.1, 0.15) is 33.8 Å². The predicted molar refractivity (Wildman–Crippen MR) is 149 cm³/mol. The Morgan fingerprint density at radius 1 is 1.07 bits per heavy atom. The molecule has 1 aliphatic heterocycles. The Bertz CT molecular complexity index is 1590. The van der Waals surface area contributed by atoms with E-state index in [1.807, 2.05) is 0 Å². The lowest BCUT2D eigenvalue weighted by Gasteiger charge is -2.37. The fraction of sp³-hybridized carbons (Fsp3) is 0.300. The average molecular weight is 581 g/mol. The zero-order valence-corrected chi connectivity index (χ0v) is 23.0. The minimum absolute atomic E-state index is 0.00122. The summed E-state index contributed by atoms with van der Waals surface area (Å²) in [5, 5.41) is 19.6. The monoisotopic (exact) mass is 580 g/mol. The first-order valence-electron chi connectivity index (χ1n) is 13.3. The van der Waals surface area contributed by atoms with Crippen LogP contribution in [-0.4, -0.2) is 66.1 Å². The summed E-state index contributed by atoms with van der Waals surface area (Å²) in [6, 6.07) is 12.3. The van der Waals surface area contributed by atoms with Crippen LogP contribution in [0, 0.1) is 17.6 Å². The van der Waals surface area contributed by atoms with E-state index in [-0.39, 0.29) is 43.5 Å². The number of nitrogens with one attached hydrogen (secondary N) is 2. The van der Waals surface area contributed by atoms with Crippen LogP contribution >= 0.6 is 0 Å². The summed E-state index contributed by atoms with van der Waals surface area (Å²) in [5.41, 5.74) is 1.62. The van der Waals surface area contributed by atoms with Crippen molar-refractivity contribution in [3.63, 3.8) is 0 Å². The van der Waals surface area contributed by atoms with Crippen LogP contribution in [0.2, 0.25) is 0 Å². The highest BCUT2D eigenvalue weighted by Gasteiger charge is 2.34. The number of likely N-dealkylation sites (tertiary alicyclic amines) is 1. The van der Waals surface area contributed by atoms with Gasteiger partial charge in [0.05, 0.1) is 50.2 Å². The first kappa shape index (κ1) is 28.7. The van der Waals surface area contributed by atoms with Gasteiger partial charge in [0.25, 0.3) is 5.91 Å². The van der Waals surface area contributed by atoms with Crippen LogP contribution < -0.4 is 19.5 Å². The molecule has 4 aromatic rings. The lowest BCUT2D eigenvalue weighted by Crippen LogP contribution is -2.44. The van der Waals surface area contributed by atoms with Crippen molar-refractivity contribution in [2.75, 3.05) is 33.9 Å². The number of H-pyrrole nitrogens is 1. The fourth-order valence-corrected chi connectivity index (χ4v) is 5.38. The van der Waals surface area contributed by atoms with Gasteiger partial charge in [-0.25, -0.2) is 13.6 Å². The van der Waals surface area contributed by atoms with Crippen LogP contribution in [0.15, 0.2) is 54.7 Å². The van der Waals surface area contributed by atoms with Crippen molar-refractivity contribution in [3.05, 3.63) is 83.1 Å². The number of aromatic nitrogens is 2. The molecule has 0 radical (unpaired) electrons. The minimum Gasteiger partial charge on any atom is -0.496 e. The van der Waals surface area contributed by atoms with E-state index >= 15 is 0 Å². The normalized spacial score (nSPS) is 16.7. The zero-order valence-electron chi connectivity index (χ0n) is 23.0. The number of fused-ring (bicyclic) bond motifs is 1. The number of hydrogen-bond donors (Lipinski definition) is 3. The summed E-state index contributed by atoms with van der Waals surface area (Å²) >= 11 is 0. The SMILES string of the molecule is COc1cccc(OC)c1CNC(=O)c1cc([C@@H]2CCN(C(=O)O)C[C@H]2COc2cc3cn[nH]c3cc2F)ccc1F. The molecule has 0 aliphatic carbocycles. The molecule has 10 nitrogen and oxygen atoms in total. The molecule has 220 valence electrons. The maximum absolute atomic E-state index is 14.9. The molecule has 1 saturated heterocycles. The van der Waals surface area contributed by atoms with Crippen LogP contribution in [0.25, 0.3) is 10.9 Å². The number of aromatic amines is 1. The number of nitrogens with zero attached hydrogens (tertiary/aromatic N) is 2. The Labute approximate surface area is 240 Å². The van der Waals surface area contributed by atoms with Gasteiger partial charge in [-0.2, -0.15) is 5.10 Å². The number of carbonyl (C=O) groups is 2. The number of hydrogen-bond acceptors (Lipinski definition) is 6. The third-order valence-electron chi connectivity index (χ3n) is 7.57. The molecule has 5 rings (SSSR count).